The van der Waals surface area contributed by atoms with Gasteiger partial charge in [0.1, 0.15) is 12.1 Å². The van der Waals surface area contributed by atoms with Crippen LogP contribution in [0.4, 0.5) is 31.1 Å². The number of ether oxygens (including phenoxy) is 1. The van der Waals surface area contributed by atoms with Gasteiger partial charge in [-0.2, -0.15) is 26.3 Å². The SMILES string of the molecule is CC(C)(C)OC(=O)NC(CNC(=O)Cn1nc(-c2ccc(Cl)cc2)n(CC(O)C(F)(F)F)c1=O)c1ccccc1C(F)(F)F. The summed E-state index contributed by atoms with van der Waals surface area (Å²) in [4.78, 5) is 38.3. The highest BCUT2D eigenvalue weighted by atomic mass is 35.5. The molecule has 17 heteroatoms. The van der Waals surface area contributed by atoms with Crippen molar-refractivity contribution in [3.63, 3.8) is 0 Å². The lowest BCUT2D eigenvalue weighted by Gasteiger charge is -2.26. The highest BCUT2D eigenvalue weighted by Gasteiger charge is 2.40. The normalized spacial score (nSPS) is 13.7. The number of benzene rings is 2. The quantitative estimate of drug-likeness (QED) is 0.288. The number of aliphatic hydroxyl groups is 1. The van der Waals surface area contributed by atoms with E-state index in [4.69, 9.17) is 16.3 Å². The molecule has 2 atom stereocenters. The van der Waals surface area contributed by atoms with Gasteiger partial charge in [-0.05, 0) is 56.7 Å². The van der Waals surface area contributed by atoms with Gasteiger partial charge in [0.05, 0.1) is 18.2 Å². The van der Waals surface area contributed by atoms with Crippen molar-refractivity contribution in [2.45, 2.75) is 64.0 Å². The molecule has 0 aliphatic rings. The molecule has 2 amide bonds. The molecule has 0 saturated carbocycles. The fourth-order valence-corrected chi connectivity index (χ4v) is 4.08. The molecule has 10 nitrogen and oxygen atoms in total. The van der Waals surface area contributed by atoms with Gasteiger partial charge in [-0.15, -0.1) is 5.10 Å². The summed E-state index contributed by atoms with van der Waals surface area (Å²) in [6.07, 6.45) is -13.9. The minimum absolute atomic E-state index is 0.144. The predicted molar refractivity (Wildman–Crippen MR) is 146 cm³/mol. The number of hydrogen-bond donors (Lipinski definition) is 3. The van der Waals surface area contributed by atoms with E-state index in [1.54, 1.807) is 0 Å². The number of alkyl carbamates (subject to hydrolysis) is 1. The van der Waals surface area contributed by atoms with E-state index in [1.165, 1.54) is 51.1 Å². The molecule has 2 unspecified atom stereocenters. The summed E-state index contributed by atoms with van der Waals surface area (Å²) in [5.41, 5.74) is -3.51. The van der Waals surface area contributed by atoms with Crippen LogP contribution in [0.1, 0.15) is 37.9 Å². The Morgan fingerprint density at radius 1 is 1.02 bits per heavy atom. The van der Waals surface area contributed by atoms with E-state index in [0.29, 0.717) is 9.25 Å². The maximum absolute atomic E-state index is 13.7. The second-order valence-electron chi connectivity index (χ2n) is 10.5. The Morgan fingerprint density at radius 3 is 2.20 bits per heavy atom. The number of aliphatic hydroxyl groups excluding tert-OH is 1. The zero-order valence-corrected chi connectivity index (χ0v) is 24.2. The van der Waals surface area contributed by atoms with Crippen LogP contribution in [0.25, 0.3) is 11.4 Å². The number of hydrogen-bond acceptors (Lipinski definition) is 6. The maximum atomic E-state index is 13.7. The molecule has 0 spiro atoms. The third kappa shape index (κ3) is 9.22. The van der Waals surface area contributed by atoms with E-state index >= 15 is 0 Å². The molecule has 44 heavy (non-hydrogen) atoms. The van der Waals surface area contributed by atoms with Crippen LogP contribution in [0.2, 0.25) is 5.02 Å². The molecule has 0 fully saturated rings. The number of nitrogens with one attached hydrogen (secondary N) is 2. The Bertz CT molecular complexity index is 1530. The highest BCUT2D eigenvalue weighted by molar-refractivity contribution is 6.30. The van der Waals surface area contributed by atoms with Crippen molar-refractivity contribution in [2.24, 2.45) is 0 Å². The Kier molecular flexibility index (Phi) is 10.4. The smallest absolute Gasteiger partial charge is 0.416 e. The van der Waals surface area contributed by atoms with Crippen molar-refractivity contribution in [3.8, 4) is 11.4 Å². The number of aromatic nitrogens is 3. The fraction of sp³-hybridized carbons (Fsp3) is 0.407. The molecule has 240 valence electrons. The van der Waals surface area contributed by atoms with Gasteiger partial charge < -0.3 is 20.5 Å². The van der Waals surface area contributed by atoms with Gasteiger partial charge >= 0.3 is 24.1 Å². The fourth-order valence-electron chi connectivity index (χ4n) is 3.95. The average molecular weight is 652 g/mol. The van der Waals surface area contributed by atoms with Gasteiger partial charge in [-0.25, -0.2) is 14.3 Å². The van der Waals surface area contributed by atoms with Crippen molar-refractivity contribution in [1.29, 1.82) is 0 Å². The molecule has 3 N–H and O–H groups in total. The topological polar surface area (TPSA) is 127 Å². The third-order valence-corrected chi connectivity index (χ3v) is 6.14. The molecule has 3 aromatic rings. The first-order valence-corrected chi connectivity index (χ1v) is 13.2. The summed E-state index contributed by atoms with van der Waals surface area (Å²) in [6.45, 7) is 1.91. The lowest BCUT2D eigenvalue weighted by Crippen LogP contribution is -2.42. The Morgan fingerprint density at radius 2 is 1.64 bits per heavy atom. The first-order valence-electron chi connectivity index (χ1n) is 12.9. The van der Waals surface area contributed by atoms with Crippen molar-refractivity contribution >= 4 is 23.6 Å². The van der Waals surface area contributed by atoms with Crippen molar-refractivity contribution in [3.05, 3.63) is 75.2 Å². The first-order chi connectivity index (χ1) is 20.3. The van der Waals surface area contributed by atoms with Crippen LogP contribution in [0, 0.1) is 0 Å². The van der Waals surface area contributed by atoms with E-state index in [-0.39, 0.29) is 16.4 Å². The monoisotopic (exact) mass is 651 g/mol. The van der Waals surface area contributed by atoms with Gasteiger partial charge in [-0.1, -0.05) is 29.8 Å². The van der Waals surface area contributed by atoms with Gasteiger partial charge in [0.15, 0.2) is 11.9 Å². The number of nitrogens with zero attached hydrogens (tertiary/aromatic N) is 3. The summed E-state index contributed by atoms with van der Waals surface area (Å²) in [6, 6.07) is 8.37. The average Bonchev–Trinajstić information content (AvgIpc) is 3.19. The molecule has 0 bridgehead atoms. The Hall–Kier alpha value is -4.05. The van der Waals surface area contributed by atoms with Crippen LogP contribution in [0.3, 0.4) is 0 Å². The molecule has 0 aliphatic carbocycles. The molecule has 1 aromatic heterocycles. The van der Waals surface area contributed by atoms with Gasteiger partial charge in [0.25, 0.3) is 0 Å². The molecule has 3 rings (SSSR count). The summed E-state index contributed by atoms with van der Waals surface area (Å²) in [5.74, 6) is -1.29. The van der Waals surface area contributed by atoms with Gasteiger partial charge in [0.2, 0.25) is 5.91 Å². The van der Waals surface area contributed by atoms with Crippen molar-refractivity contribution in [1.82, 2.24) is 25.0 Å². The first kappa shape index (κ1) is 34.4. The van der Waals surface area contributed by atoms with Crippen LogP contribution in [-0.2, 0) is 28.8 Å². The number of amides is 2. The van der Waals surface area contributed by atoms with E-state index in [2.05, 4.69) is 15.7 Å². The molecule has 0 radical (unpaired) electrons. The van der Waals surface area contributed by atoms with E-state index < -0.39 is 78.6 Å². The zero-order chi connectivity index (χ0) is 33.0. The Balaban J connectivity index is 1.89. The van der Waals surface area contributed by atoms with E-state index in [9.17, 15) is 45.8 Å². The number of rotatable bonds is 9. The second kappa shape index (κ2) is 13.3. The van der Waals surface area contributed by atoms with Crippen LogP contribution >= 0.6 is 11.6 Å². The molecule has 2 aromatic carbocycles. The van der Waals surface area contributed by atoms with Crippen molar-refractivity contribution < 1.29 is 45.8 Å². The summed E-state index contributed by atoms with van der Waals surface area (Å²) in [5, 5.41) is 18.4. The van der Waals surface area contributed by atoms with E-state index in [1.807, 2.05) is 0 Å². The van der Waals surface area contributed by atoms with E-state index in [0.717, 1.165) is 18.2 Å². The number of halogens is 7. The third-order valence-electron chi connectivity index (χ3n) is 5.89. The van der Waals surface area contributed by atoms with Crippen LogP contribution in [0.15, 0.2) is 53.3 Å². The van der Waals surface area contributed by atoms with Gasteiger partial charge in [-0.3, -0.25) is 9.36 Å². The van der Waals surface area contributed by atoms with Crippen molar-refractivity contribution in [2.75, 3.05) is 6.54 Å². The maximum Gasteiger partial charge on any atom is 0.416 e. The lowest BCUT2D eigenvalue weighted by molar-refractivity contribution is -0.207. The lowest BCUT2D eigenvalue weighted by atomic mass is 9.99. The standard InChI is InChI=1S/C27H28ClF6N5O5/c1-25(2,3)44-23(42)36-19(17-6-4-5-7-18(17)26(29,30)31)12-35-21(41)14-39-24(43)38(13-20(40)27(32,33)34)22(37-39)15-8-10-16(28)11-9-15/h4-11,19-20,40H,12-14H2,1-3H3,(H,35,41)(H,36,42). The highest BCUT2D eigenvalue weighted by Crippen LogP contribution is 2.34. The predicted octanol–water partition coefficient (Wildman–Crippen LogP) is 4.69. The van der Waals surface area contributed by atoms with Crippen LogP contribution in [-0.4, -0.2) is 55.9 Å². The molecule has 0 saturated heterocycles. The Labute approximate surface area is 251 Å². The molecular weight excluding hydrogens is 624 g/mol. The minimum Gasteiger partial charge on any atom is -0.444 e. The number of carbonyl (C=O) groups excluding carboxylic acids is 2. The molecular formula is C27H28ClF6N5O5. The largest absolute Gasteiger partial charge is 0.444 e. The van der Waals surface area contributed by atoms with Gasteiger partial charge in [0, 0.05) is 17.1 Å². The number of carbonyl (C=O) groups is 2. The second-order valence-corrected chi connectivity index (χ2v) is 11.0. The van der Waals surface area contributed by atoms with Crippen LogP contribution < -0.4 is 16.3 Å². The summed E-state index contributed by atoms with van der Waals surface area (Å²) < 4.78 is 86.7. The zero-order valence-electron chi connectivity index (χ0n) is 23.5. The van der Waals surface area contributed by atoms with Crippen LogP contribution in [0.5, 0.6) is 0 Å². The molecule has 1 heterocycles. The minimum atomic E-state index is -5.07. The molecule has 0 aliphatic heterocycles. The summed E-state index contributed by atoms with van der Waals surface area (Å²) >= 11 is 5.86. The summed E-state index contributed by atoms with van der Waals surface area (Å²) in [7, 11) is 0. The number of alkyl halides is 6.